The third kappa shape index (κ3) is 4.32. The molecule has 21 heavy (non-hydrogen) atoms. The Balaban J connectivity index is 1.64. The first kappa shape index (κ1) is 14.6. The Bertz CT molecular complexity index is 446. The fourth-order valence-electron chi connectivity index (χ4n) is 3.59. The summed E-state index contributed by atoms with van der Waals surface area (Å²) >= 11 is 0. The van der Waals surface area contributed by atoms with E-state index >= 15 is 0 Å². The normalized spacial score (nSPS) is 21.2. The molecule has 1 aromatic rings. The zero-order chi connectivity index (χ0) is 14.5. The zero-order valence-electron chi connectivity index (χ0n) is 13.2. The van der Waals surface area contributed by atoms with Crippen molar-refractivity contribution in [1.29, 1.82) is 0 Å². The largest absolute Gasteiger partial charge is 0.367 e. The van der Waals surface area contributed by atoms with E-state index < -0.39 is 0 Å². The molecule has 0 radical (unpaired) electrons. The minimum atomic E-state index is 0.550. The highest BCUT2D eigenvalue weighted by molar-refractivity contribution is 5.43. The van der Waals surface area contributed by atoms with Crippen molar-refractivity contribution in [2.75, 3.05) is 10.6 Å². The molecule has 0 aliphatic heterocycles. The summed E-state index contributed by atoms with van der Waals surface area (Å²) in [6, 6.07) is 3.22. The van der Waals surface area contributed by atoms with Crippen LogP contribution < -0.4 is 10.6 Å². The van der Waals surface area contributed by atoms with Gasteiger partial charge in [0.1, 0.15) is 5.82 Å². The first-order valence-corrected chi connectivity index (χ1v) is 8.68. The Labute approximate surface area is 128 Å². The zero-order valence-corrected chi connectivity index (χ0v) is 13.2. The number of rotatable bonds is 4. The Hall–Kier alpha value is -1.32. The van der Waals surface area contributed by atoms with Gasteiger partial charge in [-0.15, -0.1) is 0 Å². The van der Waals surface area contributed by atoms with Gasteiger partial charge >= 0.3 is 0 Å². The van der Waals surface area contributed by atoms with Gasteiger partial charge in [-0.2, -0.15) is 4.98 Å². The summed E-state index contributed by atoms with van der Waals surface area (Å²) in [6.45, 7) is 2.06. The highest BCUT2D eigenvalue weighted by Gasteiger charge is 2.17. The van der Waals surface area contributed by atoms with E-state index in [1.165, 1.54) is 64.2 Å². The average Bonchev–Trinajstić information content (AvgIpc) is 2.81. The molecule has 1 aromatic heterocycles. The molecule has 1 heterocycles. The van der Waals surface area contributed by atoms with Crippen LogP contribution in [0.2, 0.25) is 0 Å². The summed E-state index contributed by atoms with van der Waals surface area (Å²) < 4.78 is 0. The second kappa shape index (κ2) is 7.10. The van der Waals surface area contributed by atoms with Crippen molar-refractivity contribution >= 4 is 11.8 Å². The molecule has 4 heteroatoms. The van der Waals surface area contributed by atoms with Crippen molar-refractivity contribution in [3.63, 3.8) is 0 Å². The Morgan fingerprint density at radius 1 is 0.810 bits per heavy atom. The van der Waals surface area contributed by atoms with Crippen molar-refractivity contribution in [3.8, 4) is 0 Å². The molecular weight excluding hydrogens is 260 g/mol. The quantitative estimate of drug-likeness (QED) is 0.812. The van der Waals surface area contributed by atoms with Crippen molar-refractivity contribution < 1.29 is 0 Å². The van der Waals surface area contributed by atoms with Crippen LogP contribution in [0.4, 0.5) is 11.8 Å². The number of aryl methyl sites for hydroxylation is 1. The lowest BCUT2D eigenvalue weighted by molar-refractivity contribution is 0.614. The smallest absolute Gasteiger partial charge is 0.225 e. The SMILES string of the molecule is Cc1cc(NC2CCCC2)nc(NC2CCCCCC2)n1. The highest BCUT2D eigenvalue weighted by atomic mass is 15.2. The molecule has 0 aromatic carbocycles. The molecule has 4 nitrogen and oxygen atoms in total. The maximum absolute atomic E-state index is 4.69. The van der Waals surface area contributed by atoms with E-state index in [1.807, 2.05) is 0 Å². The summed E-state index contributed by atoms with van der Waals surface area (Å²) in [5.74, 6) is 1.80. The Morgan fingerprint density at radius 3 is 2.05 bits per heavy atom. The van der Waals surface area contributed by atoms with Crippen LogP contribution in [0.25, 0.3) is 0 Å². The minimum absolute atomic E-state index is 0.550. The van der Waals surface area contributed by atoms with Crippen LogP contribution in [0.5, 0.6) is 0 Å². The van der Waals surface area contributed by atoms with E-state index in [1.54, 1.807) is 0 Å². The lowest BCUT2D eigenvalue weighted by atomic mass is 10.1. The molecule has 2 N–H and O–H groups in total. The van der Waals surface area contributed by atoms with Gasteiger partial charge in [0.15, 0.2) is 0 Å². The van der Waals surface area contributed by atoms with Gasteiger partial charge in [0.25, 0.3) is 0 Å². The van der Waals surface area contributed by atoms with Crippen molar-refractivity contribution in [2.24, 2.45) is 0 Å². The maximum atomic E-state index is 4.69. The number of hydrogen-bond donors (Lipinski definition) is 2. The average molecular weight is 288 g/mol. The molecule has 0 unspecified atom stereocenters. The van der Waals surface area contributed by atoms with Gasteiger partial charge in [0.05, 0.1) is 0 Å². The van der Waals surface area contributed by atoms with Crippen LogP contribution in [0.15, 0.2) is 6.07 Å². The summed E-state index contributed by atoms with van der Waals surface area (Å²) in [6.07, 6.45) is 13.1. The van der Waals surface area contributed by atoms with Gasteiger partial charge < -0.3 is 10.6 Å². The molecule has 0 amide bonds. The number of hydrogen-bond acceptors (Lipinski definition) is 4. The second-order valence-corrected chi connectivity index (χ2v) is 6.68. The van der Waals surface area contributed by atoms with Gasteiger partial charge in [-0.3, -0.25) is 0 Å². The third-order valence-corrected chi connectivity index (χ3v) is 4.75. The maximum Gasteiger partial charge on any atom is 0.225 e. The molecular formula is C17H28N4. The predicted octanol–water partition coefficient (Wildman–Crippen LogP) is 4.27. The van der Waals surface area contributed by atoms with Crippen LogP contribution in [0.1, 0.15) is 69.9 Å². The monoisotopic (exact) mass is 288 g/mol. The molecule has 2 saturated carbocycles. The molecule has 3 rings (SSSR count). The lowest BCUT2D eigenvalue weighted by Crippen LogP contribution is -2.21. The first-order chi connectivity index (χ1) is 10.3. The van der Waals surface area contributed by atoms with Crippen LogP contribution in [0, 0.1) is 6.92 Å². The molecule has 0 saturated heterocycles. The molecule has 116 valence electrons. The van der Waals surface area contributed by atoms with E-state index in [2.05, 4.69) is 33.6 Å². The van der Waals surface area contributed by atoms with E-state index in [4.69, 9.17) is 0 Å². The topological polar surface area (TPSA) is 49.8 Å². The fraction of sp³-hybridized carbons (Fsp3) is 0.765. The number of aromatic nitrogens is 2. The van der Waals surface area contributed by atoms with Crippen LogP contribution in [-0.4, -0.2) is 22.1 Å². The summed E-state index contributed by atoms with van der Waals surface area (Å²) in [7, 11) is 0. The van der Waals surface area contributed by atoms with E-state index in [-0.39, 0.29) is 0 Å². The molecule has 0 atom stereocenters. The van der Waals surface area contributed by atoms with E-state index in [0.29, 0.717) is 12.1 Å². The lowest BCUT2D eigenvalue weighted by Gasteiger charge is -2.18. The number of anilines is 2. The van der Waals surface area contributed by atoms with Crippen LogP contribution in [-0.2, 0) is 0 Å². The number of nitrogens with zero attached hydrogens (tertiary/aromatic N) is 2. The standard InChI is InChI=1S/C17H28N4/c1-13-12-16(19-14-10-6-7-11-14)21-17(18-13)20-15-8-4-2-3-5-9-15/h12,14-15H,2-11H2,1H3,(H2,18,19,20,21). The predicted molar refractivity (Wildman–Crippen MR) is 87.8 cm³/mol. The van der Waals surface area contributed by atoms with Crippen molar-refractivity contribution in [1.82, 2.24) is 9.97 Å². The van der Waals surface area contributed by atoms with Crippen molar-refractivity contribution in [2.45, 2.75) is 83.2 Å². The molecule has 2 fully saturated rings. The summed E-state index contributed by atoms with van der Waals surface area (Å²) in [5, 5.41) is 7.15. The highest BCUT2D eigenvalue weighted by Crippen LogP contribution is 2.23. The first-order valence-electron chi connectivity index (χ1n) is 8.68. The Morgan fingerprint density at radius 2 is 1.38 bits per heavy atom. The minimum Gasteiger partial charge on any atom is -0.367 e. The van der Waals surface area contributed by atoms with E-state index in [9.17, 15) is 0 Å². The molecule has 0 bridgehead atoms. The van der Waals surface area contributed by atoms with Crippen LogP contribution in [0.3, 0.4) is 0 Å². The fourth-order valence-corrected chi connectivity index (χ4v) is 3.59. The molecule has 2 aliphatic carbocycles. The third-order valence-electron chi connectivity index (χ3n) is 4.75. The molecule has 0 spiro atoms. The Kier molecular flexibility index (Phi) is 4.94. The van der Waals surface area contributed by atoms with Gasteiger partial charge in [-0.1, -0.05) is 38.5 Å². The summed E-state index contributed by atoms with van der Waals surface area (Å²) in [4.78, 5) is 9.26. The second-order valence-electron chi connectivity index (χ2n) is 6.68. The van der Waals surface area contributed by atoms with Gasteiger partial charge in [-0.25, -0.2) is 4.98 Å². The van der Waals surface area contributed by atoms with Gasteiger partial charge in [0.2, 0.25) is 5.95 Å². The van der Waals surface area contributed by atoms with Crippen molar-refractivity contribution in [3.05, 3.63) is 11.8 Å². The van der Waals surface area contributed by atoms with Gasteiger partial charge in [0, 0.05) is 23.8 Å². The number of nitrogens with one attached hydrogen (secondary N) is 2. The van der Waals surface area contributed by atoms with Gasteiger partial charge in [-0.05, 0) is 32.6 Å². The molecule has 2 aliphatic rings. The van der Waals surface area contributed by atoms with E-state index in [0.717, 1.165) is 17.5 Å². The van der Waals surface area contributed by atoms with Crippen LogP contribution >= 0.6 is 0 Å². The summed E-state index contributed by atoms with van der Waals surface area (Å²) in [5.41, 5.74) is 1.04.